The zero-order valence-corrected chi connectivity index (χ0v) is 18.3. The van der Waals surface area contributed by atoms with Crippen molar-refractivity contribution in [3.8, 4) is 5.75 Å². The summed E-state index contributed by atoms with van der Waals surface area (Å²) in [6.07, 6.45) is 2.89. The third-order valence-corrected chi connectivity index (χ3v) is 4.83. The summed E-state index contributed by atoms with van der Waals surface area (Å²) >= 11 is 0. The number of ether oxygens (including phenoxy) is 2. The molecule has 0 aliphatic heterocycles. The second kappa shape index (κ2) is 12.5. The topological polar surface area (TPSA) is 117 Å². The molecular weight excluding hydrogens is 412 g/mol. The molecule has 2 rings (SSSR count). The van der Waals surface area contributed by atoms with Crippen molar-refractivity contribution in [1.29, 1.82) is 0 Å². The van der Waals surface area contributed by atoms with Crippen molar-refractivity contribution >= 4 is 17.7 Å². The second-order valence-corrected chi connectivity index (χ2v) is 7.82. The zero-order valence-electron chi connectivity index (χ0n) is 18.3. The molecule has 0 saturated carbocycles. The lowest BCUT2D eigenvalue weighted by atomic mass is 9.78. The summed E-state index contributed by atoms with van der Waals surface area (Å²) in [5, 5.41) is 20.2. The molecule has 0 aliphatic carbocycles. The molecule has 0 spiro atoms. The lowest BCUT2D eigenvalue weighted by Crippen LogP contribution is -2.29. The van der Waals surface area contributed by atoms with Gasteiger partial charge in [0.1, 0.15) is 18.5 Å². The number of nitrogens with one attached hydrogen (secondary N) is 2. The fraction of sp³-hybridized carbons (Fsp3) is 0.333. The molecule has 0 bridgehead atoms. The monoisotopic (exact) mass is 442 g/mol. The Balaban J connectivity index is 2.17. The molecule has 0 saturated heterocycles. The van der Waals surface area contributed by atoms with Crippen molar-refractivity contribution in [3.63, 3.8) is 0 Å². The summed E-state index contributed by atoms with van der Waals surface area (Å²) in [5.41, 5.74) is 2.47. The third-order valence-electron chi connectivity index (χ3n) is 4.83. The predicted molar refractivity (Wildman–Crippen MR) is 120 cm³/mol. The highest BCUT2D eigenvalue weighted by molar-refractivity contribution is 5.86. The summed E-state index contributed by atoms with van der Waals surface area (Å²) in [5.74, 6) is 0.00218. The van der Waals surface area contributed by atoms with Gasteiger partial charge < -0.3 is 14.6 Å². The Morgan fingerprint density at radius 1 is 1.09 bits per heavy atom. The molecule has 0 aromatic heterocycles. The minimum absolute atomic E-state index is 0.0814. The first-order chi connectivity index (χ1) is 15.4. The van der Waals surface area contributed by atoms with Crippen LogP contribution in [0.5, 0.6) is 5.75 Å². The minimum Gasteiger partial charge on any atom is -0.491 e. The number of benzene rings is 2. The summed E-state index contributed by atoms with van der Waals surface area (Å²) in [4.78, 5) is 23.8. The molecule has 2 amide bonds. The molecule has 4 N–H and O–H groups in total. The van der Waals surface area contributed by atoms with E-state index in [1.54, 1.807) is 35.8 Å². The molecule has 1 atom stereocenters. The van der Waals surface area contributed by atoms with Gasteiger partial charge in [0.15, 0.2) is 0 Å². The number of rotatable bonds is 11. The lowest BCUT2D eigenvalue weighted by Gasteiger charge is -2.34. The molecular formula is C24H30N2O6. The van der Waals surface area contributed by atoms with Gasteiger partial charge in [-0.2, -0.15) is 0 Å². The van der Waals surface area contributed by atoms with Gasteiger partial charge in [-0.3, -0.25) is 15.3 Å². The largest absolute Gasteiger partial charge is 0.491 e. The summed E-state index contributed by atoms with van der Waals surface area (Å²) in [7, 11) is 0. The molecule has 2 aromatic carbocycles. The third kappa shape index (κ3) is 8.05. The maximum Gasteiger partial charge on any atom is 0.412 e. The van der Waals surface area contributed by atoms with E-state index in [2.05, 4.69) is 5.32 Å². The average Bonchev–Trinajstić information content (AvgIpc) is 2.79. The van der Waals surface area contributed by atoms with Gasteiger partial charge in [-0.15, -0.1) is 0 Å². The van der Waals surface area contributed by atoms with Crippen LogP contribution in [0.4, 0.5) is 10.5 Å². The highest BCUT2D eigenvalue weighted by Crippen LogP contribution is 2.41. The SMILES string of the molecule is CC(C)(CC/C=C/C(=O)NO)[C@@H](OC(=O)Nc1ccccc1)c1ccc(OCCO)cc1. The Morgan fingerprint density at radius 2 is 1.78 bits per heavy atom. The summed E-state index contributed by atoms with van der Waals surface area (Å²) < 4.78 is 11.3. The van der Waals surface area contributed by atoms with E-state index in [-0.39, 0.29) is 13.2 Å². The van der Waals surface area contributed by atoms with Crippen molar-refractivity contribution < 1.29 is 29.4 Å². The maximum absolute atomic E-state index is 12.6. The van der Waals surface area contributed by atoms with Gasteiger partial charge in [0.2, 0.25) is 0 Å². The molecule has 2 aromatic rings. The van der Waals surface area contributed by atoms with Crippen LogP contribution in [0.1, 0.15) is 38.4 Å². The number of hydrogen-bond donors (Lipinski definition) is 4. The van der Waals surface area contributed by atoms with Crippen molar-refractivity contribution in [1.82, 2.24) is 5.48 Å². The fourth-order valence-corrected chi connectivity index (χ4v) is 3.17. The summed E-state index contributed by atoms with van der Waals surface area (Å²) in [6.45, 7) is 4.06. The average molecular weight is 443 g/mol. The highest BCUT2D eigenvalue weighted by Gasteiger charge is 2.34. The van der Waals surface area contributed by atoms with Crippen LogP contribution in [0.25, 0.3) is 0 Å². The minimum atomic E-state index is -0.601. The molecule has 0 aliphatic rings. The Kier molecular flexibility index (Phi) is 9.72. The number of carbonyl (C=O) groups is 2. The first kappa shape index (κ1) is 24.9. The van der Waals surface area contributed by atoms with E-state index < -0.39 is 23.5 Å². The van der Waals surface area contributed by atoms with E-state index in [1.165, 1.54) is 6.08 Å². The standard InChI is InChI=1S/C24H30N2O6/c1-24(2,15-7-6-10-21(28)26-30)22(18-11-13-20(14-12-18)31-17-16-27)32-23(29)25-19-8-4-3-5-9-19/h3-6,8-14,22,27,30H,7,15-17H2,1-2H3,(H,25,29)(H,26,28)/b10-6+/t22-/m0/s1. The molecule has 0 fully saturated rings. The number of anilines is 1. The van der Waals surface area contributed by atoms with Crippen LogP contribution in [0.2, 0.25) is 0 Å². The van der Waals surface area contributed by atoms with Crippen LogP contribution in [-0.2, 0) is 9.53 Å². The van der Waals surface area contributed by atoms with E-state index in [0.29, 0.717) is 24.3 Å². The van der Waals surface area contributed by atoms with Crippen LogP contribution < -0.4 is 15.5 Å². The van der Waals surface area contributed by atoms with E-state index in [1.807, 2.05) is 44.2 Å². The molecule has 0 heterocycles. The number of carbonyl (C=O) groups excluding carboxylic acids is 2. The number of aliphatic hydroxyl groups excluding tert-OH is 1. The van der Waals surface area contributed by atoms with Gasteiger partial charge in [0.05, 0.1) is 6.61 Å². The van der Waals surface area contributed by atoms with Crippen molar-refractivity contribution in [2.45, 2.75) is 32.8 Å². The second-order valence-electron chi connectivity index (χ2n) is 7.82. The van der Waals surface area contributed by atoms with Gasteiger partial charge in [-0.1, -0.05) is 50.3 Å². The van der Waals surface area contributed by atoms with Gasteiger partial charge in [-0.05, 0) is 42.7 Å². The number of allylic oxidation sites excluding steroid dienone is 1. The normalized spacial score (nSPS) is 12.2. The first-order valence-corrected chi connectivity index (χ1v) is 10.3. The maximum atomic E-state index is 12.6. The Labute approximate surface area is 187 Å². The Hall–Kier alpha value is -3.36. The molecule has 8 heteroatoms. The van der Waals surface area contributed by atoms with Gasteiger partial charge >= 0.3 is 6.09 Å². The van der Waals surface area contributed by atoms with E-state index in [4.69, 9.17) is 19.8 Å². The molecule has 8 nitrogen and oxygen atoms in total. The molecule has 172 valence electrons. The van der Waals surface area contributed by atoms with Gasteiger partial charge in [-0.25, -0.2) is 10.3 Å². The zero-order chi connectivity index (χ0) is 23.4. The summed E-state index contributed by atoms with van der Waals surface area (Å²) in [6, 6.07) is 16.2. The number of para-hydroxylation sites is 1. The number of hydroxylamine groups is 1. The first-order valence-electron chi connectivity index (χ1n) is 10.3. The molecule has 0 radical (unpaired) electrons. The van der Waals surface area contributed by atoms with Crippen molar-refractivity contribution in [2.24, 2.45) is 5.41 Å². The smallest absolute Gasteiger partial charge is 0.412 e. The van der Waals surface area contributed by atoms with E-state index in [9.17, 15) is 9.59 Å². The van der Waals surface area contributed by atoms with E-state index >= 15 is 0 Å². The number of amides is 2. The molecule has 32 heavy (non-hydrogen) atoms. The fourth-order valence-electron chi connectivity index (χ4n) is 3.17. The molecule has 0 unspecified atom stereocenters. The van der Waals surface area contributed by atoms with Gasteiger partial charge in [0, 0.05) is 17.2 Å². The van der Waals surface area contributed by atoms with Crippen LogP contribution in [0.3, 0.4) is 0 Å². The van der Waals surface area contributed by atoms with Crippen molar-refractivity contribution in [2.75, 3.05) is 18.5 Å². The lowest BCUT2D eigenvalue weighted by molar-refractivity contribution is -0.124. The van der Waals surface area contributed by atoms with E-state index in [0.717, 1.165) is 5.56 Å². The van der Waals surface area contributed by atoms with Gasteiger partial charge in [0.25, 0.3) is 5.91 Å². The van der Waals surface area contributed by atoms with Crippen LogP contribution in [0.15, 0.2) is 66.7 Å². The van der Waals surface area contributed by atoms with Crippen molar-refractivity contribution in [3.05, 3.63) is 72.3 Å². The Bertz CT molecular complexity index is 881. The highest BCUT2D eigenvalue weighted by atomic mass is 16.6. The quantitative estimate of drug-likeness (QED) is 0.235. The number of aliphatic hydroxyl groups is 1. The van der Waals surface area contributed by atoms with Crippen LogP contribution in [0, 0.1) is 5.41 Å². The van der Waals surface area contributed by atoms with Crippen LogP contribution in [-0.4, -0.2) is 35.5 Å². The van der Waals surface area contributed by atoms with Crippen LogP contribution >= 0.6 is 0 Å². The Morgan fingerprint density at radius 3 is 2.41 bits per heavy atom. The predicted octanol–water partition coefficient (Wildman–Crippen LogP) is 4.22. The number of hydrogen-bond acceptors (Lipinski definition) is 6.